The van der Waals surface area contributed by atoms with E-state index in [1.54, 1.807) is 16.7 Å². The number of hydrogen-bond acceptors (Lipinski definition) is 3. The Balaban J connectivity index is 1.34. The normalized spacial score (nSPS) is 15.1. The molecule has 0 radical (unpaired) electrons. The van der Waals surface area contributed by atoms with Crippen molar-refractivity contribution in [3.05, 3.63) is 192 Å². The summed E-state index contributed by atoms with van der Waals surface area (Å²) in [6, 6.07) is 44.1. The van der Waals surface area contributed by atoms with Crippen LogP contribution in [0, 0.1) is 0 Å². The molecular formula is C46H30N4. The molecule has 0 saturated carbocycles. The van der Waals surface area contributed by atoms with Crippen LogP contribution >= 0.6 is 0 Å². The van der Waals surface area contributed by atoms with E-state index < -0.39 is 5.92 Å². The van der Waals surface area contributed by atoms with E-state index >= 15 is 0 Å². The van der Waals surface area contributed by atoms with Gasteiger partial charge in [-0.15, -0.1) is 0 Å². The van der Waals surface area contributed by atoms with Crippen LogP contribution in [0.1, 0.15) is 30.8 Å². The van der Waals surface area contributed by atoms with Gasteiger partial charge in [0, 0.05) is 33.4 Å². The average Bonchev–Trinajstić information content (AvgIpc) is 3.75. The van der Waals surface area contributed by atoms with Gasteiger partial charge < -0.3 is 0 Å². The molecule has 0 saturated heterocycles. The first-order chi connectivity index (χ1) is 27.3. The second kappa shape index (κ2) is 11.5. The Bertz CT molecular complexity index is 3020. The van der Waals surface area contributed by atoms with Crippen molar-refractivity contribution >= 4 is 21.8 Å². The van der Waals surface area contributed by atoms with Crippen molar-refractivity contribution in [2.24, 2.45) is 0 Å². The minimum Gasteiger partial charge on any atom is -0.277 e. The van der Waals surface area contributed by atoms with Crippen molar-refractivity contribution in [1.82, 2.24) is 19.5 Å². The van der Waals surface area contributed by atoms with Crippen LogP contribution in [0.25, 0.3) is 72.8 Å². The molecule has 4 nitrogen and oxygen atoms in total. The van der Waals surface area contributed by atoms with Crippen molar-refractivity contribution in [1.29, 1.82) is 0 Å². The lowest BCUT2D eigenvalue weighted by Gasteiger charge is -2.15. The number of aromatic nitrogens is 4. The molecule has 1 atom stereocenters. The number of nitrogens with zero attached hydrogens (tertiary/aromatic N) is 4. The van der Waals surface area contributed by atoms with Gasteiger partial charge >= 0.3 is 0 Å². The highest BCUT2D eigenvalue weighted by atomic mass is 15.2. The van der Waals surface area contributed by atoms with Crippen LogP contribution in [-0.4, -0.2) is 19.5 Å². The maximum Gasteiger partial charge on any atom is 0.238 e. The fraction of sp³-hybridized carbons (Fsp3) is 0.0217. The zero-order valence-electron chi connectivity index (χ0n) is 32.6. The van der Waals surface area contributed by atoms with Gasteiger partial charge in [0.15, 0.2) is 11.6 Å². The monoisotopic (exact) mass is 644 g/mol. The molecule has 50 heavy (non-hydrogen) atoms. The summed E-state index contributed by atoms with van der Waals surface area (Å²) in [5.74, 6) is 0.447. The molecule has 0 aliphatic heterocycles. The van der Waals surface area contributed by atoms with Crippen molar-refractivity contribution in [2.75, 3.05) is 0 Å². The van der Waals surface area contributed by atoms with E-state index in [0.29, 0.717) is 55.7 Å². The Hall–Kier alpha value is -6.65. The van der Waals surface area contributed by atoms with Crippen LogP contribution < -0.4 is 0 Å². The predicted octanol–water partition coefficient (Wildman–Crippen LogP) is 11.1. The molecule has 1 aliphatic carbocycles. The Labute approximate surface area is 298 Å². The lowest BCUT2D eigenvalue weighted by Crippen LogP contribution is -2.07. The van der Waals surface area contributed by atoms with Gasteiger partial charge in [0.1, 0.15) is 0 Å². The first-order valence-electron chi connectivity index (χ1n) is 19.5. The van der Waals surface area contributed by atoms with E-state index in [2.05, 4.69) is 12.1 Å². The number of rotatable bonds is 5. The van der Waals surface area contributed by atoms with E-state index in [9.17, 15) is 4.11 Å². The molecule has 4 heteroatoms. The smallest absolute Gasteiger partial charge is 0.238 e. The fourth-order valence-corrected chi connectivity index (χ4v) is 7.20. The summed E-state index contributed by atoms with van der Waals surface area (Å²) in [5, 5.41) is 0.829. The minimum absolute atomic E-state index is 0.00994. The quantitative estimate of drug-likeness (QED) is 0.187. The second-order valence-electron chi connectivity index (χ2n) is 12.3. The molecule has 2 heterocycles. The van der Waals surface area contributed by atoms with E-state index in [4.69, 9.17) is 19.1 Å². The van der Waals surface area contributed by atoms with Crippen molar-refractivity contribution in [2.45, 2.75) is 5.92 Å². The van der Waals surface area contributed by atoms with Gasteiger partial charge in [0.25, 0.3) is 0 Å². The summed E-state index contributed by atoms with van der Waals surface area (Å²) < 4.78 is 56.8. The number of benzene rings is 7. The Morgan fingerprint density at radius 2 is 1.08 bits per heavy atom. The summed E-state index contributed by atoms with van der Waals surface area (Å²) in [5.41, 5.74) is 7.73. The van der Waals surface area contributed by atoms with Gasteiger partial charge in [-0.2, -0.15) is 9.97 Å². The predicted molar refractivity (Wildman–Crippen MR) is 203 cm³/mol. The lowest BCUT2D eigenvalue weighted by atomic mass is 9.89. The number of para-hydroxylation sites is 1. The molecule has 1 unspecified atom stereocenters. The van der Waals surface area contributed by atoms with Gasteiger partial charge in [-0.3, -0.25) is 4.57 Å². The summed E-state index contributed by atoms with van der Waals surface area (Å²) in [6.45, 7) is 0. The largest absolute Gasteiger partial charge is 0.277 e. The molecular weight excluding hydrogens is 609 g/mol. The molecule has 0 fully saturated rings. The minimum atomic E-state index is -0.555. The molecule has 0 amide bonds. The van der Waals surface area contributed by atoms with Crippen molar-refractivity contribution < 1.29 is 8.22 Å². The fourth-order valence-electron chi connectivity index (χ4n) is 7.20. The van der Waals surface area contributed by atoms with Gasteiger partial charge in [-0.25, -0.2) is 4.98 Å². The van der Waals surface area contributed by atoms with Gasteiger partial charge in [-0.1, -0.05) is 170 Å². The highest BCUT2D eigenvalue weighted by Gasteiger charge is 2.33. The van der Waals surface area contributed by atoms with Crippen LogP contribution in [-0.2, 0) is 0 Å². The maximum absolute atomic E-state index is 9.60. The highest BCUT2D eigenvalue weighted by molar-refractivity contribution is 6.15. The molecule has 9 aromatic rings. The number of fused-ring (bicyclic) bond motifs is 7. The zero-order chi connectivity index (χ0) is 38.2. The van der Waals surface area contributed by atoms with Crippen molar-refractivity contribution in [3.63, 3.8) is 0 Å². The van der Waals surface area contributed by atoms with E-state index in [0.717, 1.165) is 27.8 Å². The summed E-state index contributed by atoms with van der Waals surface area (Å²) >= 11 is 0. The first-order valence-corrected chi connectivity index (χ1v) is 16.5. The van der Waals surface area contributed by atoms with E-state index in [-0.39, 0.29) is 42.2 Å². The summed E-state index contributed by atoms with van der Waals surface area (Å²) in [6.07, 6.45) is 0. The van der Waals surface area contributed by atoms with Gasteiger partial charge in [-0.05, 0) is 39.4 Å². The summed E-state index contributed by atoms with van der Waals surface area (Å²) in [4.78, 5) is 15.2. The zero-order valence-corrected chi connectivity index (χ0v) is 26.6. The first kappa shape index (κ1) is 22.8. The molecule has 7 aromatic carbocycles. The third-order valence-electron chi connectivity index (χ3n) is 9.47. The molecule has 1 aliphatic rings. The van der Waals surface area contributed by atoms with E-state index in [1.165, 1.54) is 12.1 Å². The summed E-state index contributed by atoms with van der Waals surface area (Å²) in [7, 11) is 0. The molecule has 2 aromatic heterocycles. The molecule has 0 bridgehead atoms. The van der Waals surface area contributed by atoms with Gasteiger partial charge in [0.2, 0.25) is 5.95 Å². The SMILES string of the molecule is [2H]c1cc([2H])c2c(c1)-c1c(c([2H])c([2H])c3c4cc([2H])cc([2H])c4n(-c4nc(-c5ccccc5)nc(-c5ccc(-c6ccccc6)cc5)n4)c13)C2c1ccccc1. The lowest BCUT2D eigenvalue weighted by molar-refractivity contribution is 0.953. The van der Waals surface area contributed by atoms with E-state index in [1.807, 2.05) is 103 Å². The van der Waals surface area contributed by atoms with Gasteiger partial charge in [0.05, 0.1) is 19.3 Å². The van der Waals surface area contributed by atoms with Crippen LogP contribution in [0.3, 0.4) is 0 Å². The third-order valence-corrected chi connectivity index (χ3v) is 9.47. The molecule has 234 valence electrons. The molecule has 10 rings (SSSR count). The standard InChI is InChI=1S/C46H30N4/c1-4-14-30(15-5-1)31-24-26-34(27-25-31)45-47-44(33-18-8-3-9-19-33)48-46(49-45)50-40-23-13-12-20-35(40)38-28-29-39-41(32-16-6-2-7-17-32)36-21-10-11-22-37(36)42(39)43(38)50/h1-29,41H/i11D,12D,21D,23D,28D,29D. The van der Waals surface area contributed by atoms with Crippen LogP contribution in [0.4, 0.5) is 0 Å². The van der Waals surface area contributed by atoms with Crippen LogP contribution in [0.2, 0.25) is 0 Å². The Morgan fingerprint density at radius 1 is 0.480 bits per heavy atom. The van der Waals surface area contributed by atoms with Crippen molar-refractivity contribution in [3.8, 4) is 51.0 Å². The van der Waals surface area contributed by atoms with Crippen LogP contribution in [0.15, 0.2) is 176 Å². The Kier molecular flexibility index (Phi) is 5.25. The molecule has 0 N–H and O–H groups in total. The van der Waals surface area contributed by atoms with Crippen LogP contribution in [0.5, 0.6) is 0 Å². The highest BCUT2D eigenvalue weighted by Crippen LogP contribution is 2.52. The maximum atomic E-state index is 9.60. The average molecular weight is 645 g/mol. The molecule has 0 spiro atoms. The topological polar surface area (TPSA) is 43.6 Å². The third kappa shape index (κ3) is 4.50. The number of hydrogen-bond donors (Lipinski definition) is 0. The second-order valence-corrected chi connectivity index (χ2v) is 12.3. The Morgan fingerprint density at radius 3 is 1.82 bits per heavy atom.